The summed E-state index contributed by atoms with van der Waals surface area (Å²) in [5.41, 5.74) is 7.69. The van der Waals surface area contributed by atoms with Crippen LogP contribution in [0, 0.1) is 6.92 Å². The second-order valence-electron chi connectivity index (χ2n) is 8.83. The predicted octanol–water partition coefficient (Wildman–Crippen LogP) is 4.77. The summed E-state index contributed by atoms with van der Waals surface area (Å²) in [6, 6.07) is 11.1. The molecule has 1 aliphatic rings. The molecule has 0 atom stereocenters. The highest BCUT2D eigenvalue weighted by Crippen LogP contribution is 2.32. The lowest BCUT2D eigenvalue weighted by Crippen LogP contribution is -2.40. The zero-order valence-corrected chi connectivity index (χ0v) is 21.5. The van der Waals surface area contributed by atoms with Crippen LogP contribution in [0.3, 0.4) is 0 Å². The van der Waals surface area contributed by atoms with Crippen LogP contribution in [0.4, 0.5) is 33.1 Å². The van der Waals surface area contributed by atoms with Crippen molar-refractivity contribution >= 4 is 45.6 Å². The van der Waals surface area contributed by atoms with Gasteiger partial charge in [-0.3, -0.25) is 5.32 Å². The second-order valence-corrected chi connectivity index (χ2v) is 9.86. The van der Waals surface area contributed by atoms with Gasteiger partial charge in [0.15, 0.2) is 10.9 Å². The standard InChI is InChI=1S/C25H29N9O2S/c1-3-19-12-22(33-36-19)31-24(35)30-18-6-4-16(5-7-18)20-14-27-25(37-20)32-21-13-23(29-15(2)28-21)34-10-8-17(26)9-11-34/h4-7,12-14,17H,3,8-11,26H2,1-2H3,(H,27,28,29,32)(H2,30,31,33,35). The highest BCUT2D eigenvalue weighted by atomic mass is 32.1. The number of nitrogens with zero attached hydrogens (tertiary/aromatic N) is 5. The monoisotopic (exact) mass is 519 g/mol. The Hall–Kier alpha value is -4.03. The number of carbonyl (C=O) groups is 1. The molecule has 3 aromatic heterocycles. The molecule has 4 aromatic rings. The number of hydrogen-bond donors (Lipinski definition) is 4. The summed E-state index contributed by atoms with van der Waals surface area (Å²) in [6.45, 7) is 5.63. The van der Waals surface area contributed by atoms with Crippen molar-refractivity contribution in [3.05, 3.63) is 54.2 Å². The van der Waals surface area contributed by atoms with Crippen LogP contribution >= 0.6 is 11.3 Å². The smallest absolute Gasteiger partial charge is 0.324 e. The van der Waals surface area contributed by atoms with E-state index >= 15 is 0 Å². The Morgan fingerprint density at radius 1 is 1.14 bits per heavy atom. The summed E-state index contributed by atoms with van der Waals surface area (Å²) in [5.74, 6) is 3.40. The van der Waals surface area contributed by atoms with Gasteiger partial charge in [0.1, 0.15) is 23.2 Å². The summed E-state index contributed by atoms with van der Waals surface area (Å²) in [6.07, 6.45) is 4.45. The number of urea groups is 1. The third-order valence-corrected chi connectivity index (χ3v) is 6.97. The SMILES string of the molecule is CCc1cc(NC(=O)Nc2ccc(-c3cnc(Nc4cc(N5CCC(N)CC5)nc(C)n4)s3)cc2)no1. The van der Waals surface area contributed by atoms with Gasteiger partial charge in [-0.05, 0) is 37.5 Å². The summed E-state index contributed by atoms with van der Waals surface area (Å²) in [4.78, 5) is 29.1. The fourth-order valence-electron chi connectivity index (χ4n) is 4.02. The molecule has 0 aliphatic carbocycles. The maximum Gasteiger partial charge on any atom is 0.324 e. The van der Waals surface area contributed by atoms with Gasteiger partial charge in [-0.1, -0.05) is 35.5 Å². The Morgan fingerprint density at radius 3 is 2.65 bits per heavy atom. The van der Waals surface area contributed by atoms with E-state index in [1.807, 2.05) is 50.4 Å². The molecule has 4 heterocycles. The van der Waals surface area contributed by atoms with Crippen molar-refractivity contribution in [1.29, 1.82) is 0 Å². The first kappa shape index (κ1) is 24.7. The number of aromatic nitrogens is 4. The van der Waals surface area contributed by atoms with Gasteiger partial charge in [0.05, 0.1) is 4.88 Å². The van der Waals surface area contributed by atoms with Gasteiger partial charge in [0.25, 0.3) is 0 Å². The molecule has 37 heavy (non-hydrogen) atoms. The van der Waals surface area contributed by atoms with E-state index in [1.54, 1.807) is 6.07 Å². The van der Waals surface area contributed by atoms with E-state index in [2.05, 4.69) is 41.0 Å². The zero-order chi connectivity index (χ0) is 25.8. The number of carbonyl (C=O) groups excluding carboxylic acids is 1. The molecule has 0 radical (unpaired) electrons. The number of nitrogens with one attached hydrogen (secondary N) is 3. The van der Waals surface area contributed by atoms with Crippen LogP contribution in [-0.2, 0) is 6.42 Å². The minimum Gasteiger partial charge on any atom is -0.359 e. The average molecular weight is 520 g/mol. The van der Waals surface area contributed by atoms with Crippen LogP contribution in [0.15, 0.2) is 47.1 Å². The molecule has 1 aromatic carbocycles. The molecule has 0 saturated carbocycles. The van der Waals surface area contributed by atoms with Crippen LogP contribution in [0.25, 0.3) is 10.4 Å². The number of amides is 2. The first-order valence-corrected chi connectivity index (χ1v) is 13.0. The lowest BCUT2D eigenvalue weighted by Gasteiger charge is -2.31. The van der Waals surface area contributed by atoms with Crippen molar-refractivity contribution in [2.24, 2.45) is 5.73 Å². The number of nitrogens with two attached hydrogens (primary N) is 1. The van der Waals surface area contributed by atoms with Crippen molar-refractivity contribution in [2.45, 2.75) is 39.2 Å². The average Bonchev–Trinajstić information content (AvgIpc) is 3.54. The van der Waals surface area contributed by atoms with E-state index in [0.29, 0.717) is 35.3 Å². The van der Waals surface area contributed by atoms with E-state index in [0.717, 1.165) is 47.3 Å². The molecule has 2 amide bonds. The van der Waals surface area contributed by atoms with Crippen LogP contribution < -0.4 is 26.6 Å². The lowest BCUT2D eigenvalue weighted by atomic mass is 10.1. The van der Waals surface area contributed by atoms with E-state index in [9.17, 15) is 4.79 Å². The number of aryl methyl sites for hydroxylation is 2. The molecule has 0 unspecified atom stereocenters. The minimum atomic E-state index is -0.389. The van der Waals surface area contributed by atoms with Crippen molar-refractivity contribution in [1.82, 2.24) is 20.1 Å². The molecule has 12 heteroatoms. The fourth-order valence-corrected chi connectivity index (χ4v) is 4.85. The largest absolute Gasteiger partial charge is 0.359 e. The van der Waals surface area contributed by atoms with E-state index in [4.69, 9.17) is 10.3 Å². The van der Waals surface area contributed by atoms with Gasteiger partial charge in [-0.15, -0.1) is 0 Å². The Morgan fingerprint density at radius 2 is 1.92 bits per heavy atom. The number of anilines is 5. The fraction of sp³-hybridized carbons (Fsp3) is 0.320. The molecule has 1 aliphatic heterocycles. The Kier molecular flexibility index (Phi) is 7.28. The quantitative estimate of drug-likeness (QED) is 0.271. The van der Waals surface area contributed by atoms with Crippen LogP contribution in [0.1, 0.15) is 31.4 Å². The molecule has 1 saturated heterocycles. The van der Waals surface area contributed by atoms with Gasteiger partial charge in [0, 0.05) is 49.6 Å². The molecular weight excluding hydrogens is 490 g/mol. The van der Waals surface area contributed by atoms with E-state index in [1.165, 1.54) is 11.3 Å². The third kappa shape index (κ3) is 6.22. The van der Waals surface area contributed by atoms with Crippen molar-refractivity contribution in [3.8, 4) is 10.4 Å². The highest BCUT2D eigenvalue weighted by molar-refractivity contribution is 7.18. The van der Waals surface area contributed by atoms with E-state index < -0.39 is 0 Å². The van der Waals surface area contributed by atoms with Gasteiger partial charge in [0.2, 0.25) is 0 Å². The maximum atomic E-state index is 12.2. The summed E-state index contributed by atoms with van der Waals surface area (Å²) >= 11 is 1.52. The number of piperidine rings is 1. The van der Waals surface area contributed by atoms with Crippen molar-refractivity contribution < 1.29 is 9.32 Å². The van der Waals surface area contributed by atoms with E-state index in [-0.39, 0.29) is 12.1 Å². The molecule has 0 bridgehead atoms. The Bertz CT molecular complexity index is 1360. The minimum absolute atomic E-state index is 0.265. The number of benzene rings is 1. The number of hydrogen-bond acceptors (Lipinski definition) is 10. The lowest BCUT2D eigenvalue weighted by molar-refractivity contribution is 0.262. The normalized spacial score (nSPS) is 14.0. The Balaban J connectivity index is 1.21. The van der Waals surface area contributed by atoms with Crippen molar-refractivity contribution in [3.63, 3.8) is 0 Å². The summed E-state index contributed by atoms with van der Waals surface area (Å²) < 4.78 is 5.10. The summed E-state index contributed by atoms with van der Waals surface area (Å²) in [5, 5.41) is 13.3. The second kappa shape index (κ2) is 10.9. The van der Waals surface area contributed by atoms with Crippen LogP contribution in [0.5, 0.6) is 0 Å². The zero-order valence-electron chi connectivity index (χ0n) is 20.7. The molecule has 192 valence electrons. The van der Waals surface area contributed by atoms with Gasteiger partial charge < -0.3 is 25.8 Å². The topological polar surface area (TPSA) is 147 Å². The predicted molar refractivity (Wildman–Crippen MR) is 146 cm³/mol. The first-order valence-electron chi connectivity index (χ1n) is 12.2. The third-order valence-electron chi connectivity index (χ3n) is 6.01. The van der Waals surface area contributed by atoms with Gasteiger partial charge >= 0.3 is 6.03 Å². The van der Waals surface area contributed by atoms with Gasteiger partial charge in [-0.25, -0.2) is 19.7 Å². The van der Waals surface area contributed by atoms with Crippen LogP contribution in [-0.4, -0.2) is 45.3 Å². The van der Waals surface area contributed by atoms with Crippen LogP contribution in [0.2, 0.25) is 0 Å². The summed E-state index contributed by atoms with van der Waals surface area (Å²) in [7, 11) is 0. The molecular formula is C25H29N9O2S. The number of thiazole rings is 1. The van der Waals surface area contributed by atoms with Crippen molar-refractivity contribution in [2.75, 3.05) is 33.9 Å². The number of rotatable bonds is 7. The van der Waals surface area contributed by atoms with Gasteiger partial charge in [-0.2, -0.15) is 0 Å². The molecule has 5 N–H and O–H groups in total. The maximum absolute atomic E-state index is 12.2. The molecule has 5 rings (SSSR count). The Labute approximate surface area is 218 Å². The molecule has 11 nitrogen and oxygen atoms in total. The highest BCUT2D eigenvalue weighted by Gasteiger charge is 2.18. The molecule has 0 spiro atoms. The first-order chi connectivity index (χ1) is 17.9. The molecule has 1 fully saturated rings.